The molecule has 2 aliphatic heterocycles. The lowest BCUT2D eigenvalue weighted by Gasteiger charge is -2.20. The van der Waals surface area contributed by atoms with Crippen molar-refractivity contribution in [1.82, 2.24) is 5.32 Å². The third-order valence-corrected chi connectivity index (χ3v) is 5.26. The van der Waals surface area contributed by atoms with Crippen LogP contribution in [0.15, 0.2) is 36.4 Å². The molecule has 2 aromatic rings. The lowest BCUT2D eigenvalue weighted by atomic mass is 9.83. The van der Waals surface area contributed by atoms with Crippen molar-refractivity contribution in [2.45, 2.75) is 45.3 Å². The summed E-state index contributed by atoms with van der Waals surface area (Å²) in [4.78, 5) is 12.3. The Labute approximate surface area is 160 Å². The molecule has 2 aromatic carbocycles. The molecule has 0 fully saturated rings. The van der Waals surface area contributed by atoms with Crippen LogP contribution in [-0.2, 0) is 23.2 Å². The van der Waals surface area contributed by atoms with Crippen LogP contribution in [-0.4, -0.2) is 18.6 Å². The molecule has 0 aliphatic carbocycles. The third-order valence-electron chi connectivity index (χ3n) is 5.26. The smallest absolute Gasteiger partial charge is 0.234 e. The van der Waals surface area contributed by atoms with E-state index in [2.05, 4.69) is 47.9 Å². The van der Waals surface area contributed by atoms with Crippen molar-refractivity contribution in [2.75, 3.05) is 11.9 Å². The van der Waals surface area contributed by atoms with E-state index in [1.165, 1.54) is 11.1 Å². The third kappa shape index (κ3) is 3.08. The Balaban J connectivity index is 0.00000196. The highest BCUT2D eigenvalue weighted by Gasteiger charge is 2.44. The molecule has 0 bridgehead atoms. The van der Waals surface area contributed by atoms with Gasteiger partial charge < -0.3 is 15.4 Å². The molecular weight excluding hydrogens is 348 g/mol. The standard InChI is InChI=1S/C21H24N2O2.ClH/c1-13-9-15-10-16(12-22-11-14-7-5-4-6-8-14)25-19(15)17-18(13)23-20(24)21(17,2)3;/h4-9,16,22H,10-12H2,1-3H3,(H,23,24);1H. The molecule has 5 heteroatoms. The van der Waals surface area contributed by atoms with E-state index in [9.17, 15) is 4.79 Å². The summed E-state index contributed by atoms with van der Waals surface area (Å²) in [7, 11) is 0. The van der Waals surface area contributed by atoms with Crippen molar-refractivity contribution in [2.24, 2.45) is 0 Å². The van der Waals surface area contributed by atoms with Gasteiger partial charge in [0.1, 0.15) is 11.9 Å². The predicted molar refractivity (Wildman–Crippen MR) is 106 cm³/mol. The molecule has 0 aromatic heterocycles. The first-order valence-corrected chi connectivity index (χ1v) is 8.86. The average Bonchev–Trinajstić information content (AvgIpc) is 3.07. The van der Waals surface area contributed by atoms with Crippen LogP contribution in [0, 0.1) is 6.92 Å². The number of hydrogen-bond donors (Lipinski definition) is 2. The maximum absolute atomic E-state index is 12.3. The van der Waals surface area contributed by atoms with Gasteiger partial charge in [-0.3, -0.25) is 4.79 Å². The molecule has 0 spiro atoms. The molecular formula is C21H25ClN2O2. The van der Waals surface area contributed by atoms with Crippen molar-refractivity contribution in [1.29, 1.82) is 0 Å². The lowest BCUT2D eigenvalue weighted by Crippen LogP contribution is -2.30. The molecule has 1 unspecified atom stereocenters. The minimum Gasteiger partial charge on any atom is -0.488 e. The van der Waals surface area contributed by atoms with E-state index in [1.54, 1.807) is 0 Å². The Bertz CT molecular complexity index is 834. The normalized spacial score (nSPS) is 19.2. The summed E-state index contributed by atoms with van der Waals surface area (Å²) in [6.07, 6.45) is 0.992. The van der Waals surface area contributed by atoms with E-state index in [0.717, 1.165) is 42.1 Å². The van der Waals surface area contributed by atoms with Crippen LogP contribution in [0.4, 0.5) is 5.69 Å². The van der Waals surface area contributed by atoms with E-state index in [0.29, 0.717) is 0 Å². The molecule has 0 saturated heterocycles. The van der Waals surface area contributed by atoms with Crippen LogP contribution < -0.4 is 15.4 Å². The highest BCUT2D eigenvalue weighted by atomic mass is 35.5. The number of halogens is 1. The van der Waals surface area contributed by atoms with Crippen LogP contribution in [0.5, 0.6) is 5.75 Å². The molecule has 4 nitrogen and oxygen atoms in total. The van der Waals surface area contributed by atoms with Gasteiger partial charge in [-0.15, -0.1) is 12.4 Å². The number of hydrogen-bond acceptors (Lipinski definition) is 3. The predicted octanol–water partition coefficient (Wildman–Crippen LogP) is 3.74. The van der Waals surface area contributed by atoms with Gasteiger partial charge in [0.25, 0.3) is 0 Å². The first-order chi connectivity index (χ1) is 12.0. The van der Waals surface area contributed by atoms with Crippen LogP contribution >= 0.6 is 12.4 Å². The van der Waals surface area contributed by atoms with Crippen molar-refractivity contribution in [3.05, 3.63) is 58.7 Å². The summed E-state index contributed by atoms with van der Waals surface area (Å²) in [5.41, 5.74) is 5.02. The number of benzene rings is 2. The minimum atomic E-state index is -0.544. The fraction of sp³-hybridized carbons (Fsp3) is 0.381. The van der Waals surface area contributed by atoms with Gasteiger partial charge >= 0.3 is 0 Å². The molecule has 2 heterocycles. The quantitative estimate of drug-likeness (QED) is 0.859. The number of rotatable bonds is 4. The molecule has 2 aliphatic rings. The first-order valence-electron chi connectivity index (χ1n) is 8.86. The van der Waals surface area contributed by atoms with Gasteiger partial charge in [0.15, 0.2) is 0 Å². The number of amides is 1. The van der Waals surface area contributed by atoms with Gasteiger partial charge in [0.2, 0.25) is 5.91 Å². The topological polar surface area (TPSA) is 50.4 Å². The first kappa shape index (κ1) is 18.7. The molecule has 138 valence electrons. The van der Waals surface area contributed by atoms with Gasteiger partial charge in [-0.05, 0) is 37.5 Å². The zero-order valence-corrected chi connectivity index (χ0v) is 16.2. The van der Waals surface area contributed by atoms with Crippen LogP contribution in [0.1, 0.15) is 36.1 Å². The van der Waals surface area contributed by atoms with Crippen molar-refractivity contribution >= 4 is 24.0 Å². The van der Waals surface area contributed by atoms with Gasteiger partial charge in [-0.2, -0.15) is 0 Å². The Morgan fingerprint density at radius 2 is 2.00 bits per heavy atom. The van der Waals surface area contributed by atoms with Gasteiger partial charge in [0.05, 0.1) is 11.1 Å². The fourth-order valence-electron chi connectivity index (χ4n) is 3.84. The summed E-state index contributed by atoms with van der Waals surface area (Å²) >= 11 is 0. The zero-order chi connectivity index (χ0) is 17.6. The number of carbonyl (C=O) groups excluding carboxylic acids is 1. The largest absolute Gasteiger partial charge is 0.488 e. The molecule has 0 radical (unpaired) electrons. The van der Waals surface area contributed by atoms with Crippen molar-refractivity contribution in [3.8, 4) is 5.75 Å². The second-order valence-electron chi connectivity index (χ2n) is 7.57. The Morgan fingerprint density at radius 1 is 1.27 bits per heavy atom. The maximum atomic E-state index is 12.3. The molecule has 2 N–H and O–H groups in total. The lowest BCUT2D eigenvalue weighted by molar-refractivity contribution is -0.119. The highest BCUT2D eigenvalue weighted by molar-refractivity contribution is 6.07. The summed E-state index contributed by atoms with van der Waals surface area (Å²) < 4.78 is 6.27. The van der Waals surface area contributed by atoms with Crippen molar-refractivity contribution < 1.29 is 9.53 Å². The minimum absolute atomic E-state index is 0. The SMILES string of the molecule is Cc1cc2c(c3c1NC(=O)C3(C)C)OC(CNCc1ccccc1)C2.Cl. The van der Waals surface area contributed by atoms with Gasteiger partial charge in [-0.25, -0.2) is 0 Å². The number of fused-ring (bicyclic) bond motifs is 3. The monoisotopic (exact) mass is 372 g/mol. The van der Waals surface area contributed by atoms with Gasteiger partial charge in [0, 0.05) is 25.1 Å². The van der Waals surface area contributed by atoms with Crippen LogP contribution in [0.2, 0.25) is 0 Å². The van der Waals surface area contributed by atoms with Gasteiger partial charge in [-0.1, -0.05) is 36.4 Å². The molecule has 1 amide bonds. The number of nitrogens with one attached hydrogen (secondary N) is 2. The molecule has 1 atom stereocenters. The molecule has 0 saturated carbocycles. The Hall–Kier alpha value is -2.04. The summed E-state index contributed by atoms with van der Waals surface area (Å²) in [6.45, 7) is 7.62. The van der Waals surface area contributed by atoms with E-state index < -0.39 is 5.41 Å². The summed E-state index contributed by atoms with van der Waals surface area (Å²) in [6, 6.07) is 12.5. The highest BCUT2D eigenvalue weighted by Crippen LogP contribution is 2.49. The summed E-state index contributed by atoms with van der Waals surface area (Å²) in [5.74, 6) is 0.962. The Kier molecular flexibility index (Phi) is 5.00. The Morgan fingerprint density at radius 3 is 2.73 bits per heavy atom. The number of ether oxygens (including phenoxy) is 1. The fourth-order valence-corrected chi connectivity index (χ4v) is 3.84. The number of anilines is 1. The average molecular weight is 373 g/mol. The number of aryl methyl sites for hydroxylation is 1. The van der Waals surface area contributed by atoms with Crippen LogP contribution in [0.25, 0.3) is 0 Å². The van der Waals surface area contributed by atoms with Crippen LogP contribution in [0.3, 0.4) is 0 Å². The second kappa shape index (κ2) is 6.93. The second-order valence-corrected chi connectivity index (χ2v) is 7.57. The van der Waals surface area contributed by atoms with E-state index >= 15 is 0 Å². The molecule has 26 heavy (non-hydrogen) atoms. The zero-order valence-electron chi connectivity index (χ0n) is 15.4. The maximum Gasteiger partial charge on any atom is 0.234 e. The summed E-state index contributed by atoms with van der Waals surface area (Å²) in [5, 5.41) is 6.51. The van der Waals surface area contributed by atoms with E-state index in [4.69, 9.17) is 4.74 Å². The van der Waals surface area contributed by atoms with E-state index in [-0.39, 0.29) is 24.4 Å². The van der Waals surface area contributed by atoms with E-state index in [1.807, 2.05) is 19.9 Å². The molecule has 4 rings (SSSR count). The van der Waals surface area contributed by atoms with Crippen molar-refractivity contribution in [3.63, 3.8) is 0 Å². The number of carbonyl (C=O) groups is 1.